The zero-order valence-electron chi connectivity index (χ0n) is 10.9. The highest BCUT2D eigenvalue weighted by Crippen LogP contribution is 2.20. The number of hydrogen-bond acceptors (Lipinski definition) is 3. The van der Waals surface area contributed by atoms with E-state index in [4.69, 9.17) is 4.74 Å². The van der Waals surface area contributed by atoms with Gasteiger partial charge >= 0.3 is 0 Å². The van der Waals surface area contributed by atoms with E-state index in [2.05, 4.69) is 31.0 Å². The molecule has 2 fully saturated rings. The predicted molar refractivity (Wildman–Crippen MR) is 66.6 cm³/mol. The minimum Gasteiger partial charge on any atom is -0.380 e. The molecule has 0 aliphatic carbocycles. The Kier molecular flexibility index (Phi) is 4.22. The summed E-state index contributed by atoms with van der Waals surface area (Å²) in [5.41, 5.74) is 0. The van der Waals surface area contributed by atoms with Crippen LogP contribution in [0.5, 0.6) is 0 Å². The molecule has 0 amide bonds. The fourth-order valence-corrected chi connectivity index (χ4v) is 2.85. The van der Waals surface area contributed by atoms with Crippen LogP contribution in [0.1, 0.15) is 33.6 Å². The van der Waals surface area contributed by atoms with Crippen molar-refractivity contribution >= 4 is 0 Å². The molecule has 0 bridgehead atoms. The van der Waals surface area contributed by atoms with Gasteiger partial charge in [0.2, 0.25) is 0 Å². The molecule has 2 aliphatic heterocycles. The van der Waals surface area contributed by atoms with Gasteiger partial charge in [-0.25, -0.2) is 0 Å². The summed E-state index contributed by atoms with van der Waals surface area (Å²) in [7, 11) is 0. The maximum absolute atomic E-state index is 5.62. The van der Waals surface area contributed by atoms with Crippen LogP contribution in [0.15, 0.2) is 0 Å². The summed E-state index contributed by atoms with van der Waals surface area (Å²) in [6.07, 6.45) is 2.54. The monoisotopic (exact) mass is 226 g/mol. The van der Waals surface area contributed by atoms with E-state index in [-0.39, 0.29) is 0 Å². The van der Waals surface area contributed by atoms with E-state index in [9.17, 15) is 0 Å². The van der Waals surface area contributed by atoms with Gasteiger partial charge in [-0.2, -0.15) is 0 Å². The van der Waals surface area contributed by atoms with E-state index in [1.807, 2.05) is 0 Å². The molecule has 3 atom stereocenters. The van der Waals surface area contributed by atoms with Crippen LogP contribution in [-0.2, 0) is 4.74 Å². The van der Waals surface area contributed by atoms with E-state index in [0.29, 0.717) is 18.1 Å². The Bertz CT molecular complexity index is 214. The molecule has 3 unspecified atom stereocenters. The maximum Gasteiger partial charge on any atom is 0.0621 e. The summed E-state index contributed by atoms with van der Waals surface area (Å²) in [6.45, 7) is 11.2. The van der Waals surface area contributed by atoms with Gasteiger partial charge in [0.25, 0.3) is 0 Å². The fraction of sp³-hybridized carbons (Fsp3) is 1.00. The average molecular weight is 226 g/mol. The topological polar surface area (TPSA) is 24.5 Å². The molecule has 0 spiro atoms. The first-order valence-corrected chi connectivity index (χ1v) is 6.75. The molecule has 3 heteroatoms. The first kappa shape index (κ1) is 12.3. The summed E-state index contributed by atoms with van der Waals surface area (Å²) < 4.78 is 5.62. The van der Waals surface area contributed by atoms with Crippen molar-refractivity contribution in [2.24, 2.45) is 5.92 Å². The summed E-state index contributed by atoms with van der Waals surface area (Å²) in [5.74, 6) is 0.722. The highest BCUT2D eigenvalue weighted by atomic mass is 16.5. The van der Waals surface area contributed by atoms with Crippen molar-refractivity contribution < 1.29 is 4.74 Å². The Labute approximate surface area is 99.5 Å². The normalized spacial score (nSPS) is 37.9. The van der Waals surface area contributed by atoms with Crippen LogP contribution in [0.4, 0.5) is 0 Å². The third-order valence-corrected chi connectivity index (χ3v) is 4.06. The van der Waals surface area contributed by atoms with Gasteiger partial charge in [-0.05, 0) is 25.7 Å². The molecular formula is C13H26N2O. The highest BCUT2D eigenvalue weighted by Gasteiger charge is 2.32. The van der Waals surface area contributed by atoms with Crippen LogP contribution in [0.3, 0.4) is 0 Å². The smallest absolute Gasteiger partial charge is 0.0621 e. The summed E-state index contributed by atoms with van der Waals surface area (Å²) >= 11 is 0. The number of rotatable bonds is 2. The first-order chi connectivity index (χ1) is 7.68. The van der Waals surface area contributed by atoms with E-state index in [1.165, 1.54) is 19.4 Å². The average Bonchev–Trinajstić information content (AvgIpc) is 2.30. The minimum atomic E-state index is 0.651. The third kappa shape index (κ3) is 2.76. The van der Waals surface area contributed by atoms with Gasteiger partial charge in [0.15, 0.2) is 0 Å². The Balaban J connectivity index is 1.94. The summed E-state index contributed by atoms with van der Waals surface area (Å²) in [6, 6.07) is 1.96. The zero-order valence-corrected chi connectivity index (χ0v) is 10.9. The quantitative estimate of drug-likeness (QED) is 0.772. The summed E-state index contributed by atoms with van der Waals surface area (Å²) in [5, 5.41) is 3.65. The SMILES string of the molecule is CC(C)C1CN(C2CCCOC2)C(C)CN1. The minimum absolute atomic E-state index is 0.651. The van der Waals surface area contributed by atoms with Crippen LogP contribution >= 0.6 is 0 Å². The van der Waals surface area contributed by atoms with Crippen molar-refractivity contribution in [1.82, 2.24) is 10.2 Å². The molecule has 2 heterocycles. The first-order valence-electron chi connectivity index (χ1n) is 6.75. The van der Waals surface area contributed by atoms with E-state index >= 15 is 0 Å². The van der Waals surface area contributed by atoms with E-state index < -0.39 is 0 Å². The fourth-order valence-electron chi connectivity index (χ4n) is 2.85. The molecule has 0 aromatic heterocycles. The van der Waals surface area contributed by atoms with Crippen LogP contribution in [0.25, 0.3) is 0 Å². The molecular weight excluding hydrogens is 200 g/mol. The molecule has 2 saturated heterocycles. The molecule has 0 saturated carbocycles. The van der Waals surface area contributed by atoms with Gasteiger partial charge in [0, 0.05) is 37.8 Å². The van der Waals surface area contributed by atoms with Crippen molar-refractivity contribution in [3.05, 3.63) is 0 Å². The largest absolute Gasteiger partial charge is 0.380 e. The van der Waals surface area contributed by atoms with Gasteiger partial charge in [-0.1, -0.05) is 13.8 Å². The summed E-state index contributed by atoms with van der Waals surface area (Å²) in [4.78, 5) is 2.67. The molecule has 3 nitrogen and oxygen atoms in total. The lowest BCUT2D eigenvalue weighted by atomic mass is 9.97. The van der Waals surface area contributed by atoms with Gasteiger partial charge in [0.05, 0.1) is 6.61 Å². The lowest BCUT2D eigenvalue weighted by molar-refractivity contribution is -0.0151. The molecule has 0 aromatic carbocycles. The van der Waals surface area contributed by atoms with Gasteiger partial charge in [-0.3, -0.25) is 4.90 Å². The lowest BCUT2D eigenvalue weighted by Crippen LogP contribution is -2.61. The number of hydrogen-bond donors (Lipinski definition) is 1. The zero-order chi connectivity index (χ0) is 11.5. The second kappa shape index (κ2) is 5.48. The molecule has 0 aromatic rings. The van der Waals surface area contributed by atoms with Gasteiger partial charge in [0.1, 0.15) is 0 Å². The van der Waals surface area contributed by atoms with Crippen LogP contribution < -0.4 is 5.32 Å². The highest BCUT2D eigenvalue weighted by molar-refractivity contribution is 4.89. The van der Waals surface area contributed by atoms with Crippen molar-refractivity contribution in [1.29, 1.82) is 0 Å². The van der Waals surface area contributed by atoms with Crippen molar-refractivity contribution in [3.8, 4) is 0 Å². The standard InChI is InChI=1S/C13H26N2O/c1-10(2)13-8-15(11(3)7-14-13)12-5-4-6-16-9-12/h10-14H,4-9H2,1-3H3. The van der Waals surface area contributed by atoms with Crippen molar-refractivity contribution in [3.63, 3.8) is 0 Å². The van der Waals surface area contributed by atoms with Crippen molar-refractivity contribution in [2.45, 2.75) is 51.7 Å². The van der Waals surface area contributed by atoms with Gasteiger partial charge in [-0.15, -0.1) is 0 Å². The van der Waals surface area contributed by atoms with Crippen LogP contribution in [0, 0.1) is 5.92 Å². The molecule has 0 radical (unpaired) electrons. The molecule has 16 heavy (non-hydrogen) atoms. The number of nitrogens with one attached hydrogen (secondary N) is 1. The Morgan fingerprint density at radius 1 is 1.38 bits per heavy atom. The Morgan fingerprint density at radius 3 is 2.81 bits per heavy atom. The third-order valence-electron chi connectivity index (χ3n) is 4.06. The number of nitrogens with zero attached hydrogens (tertiary/aromatic N) is 1. The number of piperazine rings is 1. The van der Waals surface area contributed by atoms with Crippen LogP contribution in [0.2, 0.25) is 0 Å². The lowest BCUT2D eigenvalue weighted by Gasteiger charge is -2.45. The Morgan fingerprint density at radius 2 is 2.19 bits per heavy atom. The maximum atomic E-state index is 5.62. The second-order valence-electron chi connectivity index (χ2n) is 5.68. The molecule has 1 N–H and O–H groups in total. The second-order valence-corrected chi connectivity index (χ2v) is 5.68. The van der Waals surface area contributed by atoms with E-state index in [1.54, 1.807) is 0 Å². The predicted octanol–water partition coefficient (Wildman–Crippen LogP) is 1.48. The molecule has 94 valence electrons. The van der Waals surface area contributed by atoms with Crippen molar-refractivity contribution in [2.75, 3.05) is 26.3 Å². The van der Waals surface area contributed by atoms with Crippen LogP contribution in [-0.4, -0.2) is 49.3 Å². The molecule has 2 rings (SSSR count). The van der Waals surface area contributed by atoms with E-state index in [0.717, 1.165) is 25.7 Å². The Hall–Kier alpha value is -0.120. The van der Waals surface area contributed by atoms with Gasteiger partial charge < -0.3 is 10.1 Å². The number of ether oxygens (including phenoxy) is 1. The molecule has 2 aliphatic rings.